The molecule has 1 heterocycles. The van der Waals surface area contributed by atoms with E-state index in [0.717, 1.165) is 24.1 Å². The number of imidazole rings is 1. The van der Waals surface area contributed by atoms with Gasteiger partial charge in [0.1, 0.15) is 12.1 Å². The molecule has 146 valence electrons. The minimum absolute atomic E-state index is 0.143. The lowest BCUT2D eigenvalue weighted by atomic mass is 10.1. The number of ether oxygens (including phenoxy) is 1. The van der Waals surface area contributed by atoms with E-state index in [0.29, 0.717) is 0 Å². The molecule has 2 aromatic rings. The van der Waals surface area contributed by atoms with Gasteiger partial charge >= 0.3 is 5.97 Å². The molecule has 1 amide bonds. The third-order valence-corrected chi connectivity index (χ3v) is 4.08. The number of aryl methyl sites for hydroxylation is 1. The summed E-state index contributed by atoms with van der Waals surface area (Å²) in [5.74, 6) is -0.525. The quantitative estimate of drug-likeness (QED) is 0.749. The molecule has 0 radical (unpaired) electrons. The molecule has 6 nitrogen and oxygen atoms in total. The van der Waals surface area contributed by atoms with Gasteiger partial charge in [0.05, 0.1) is 6.04 Å². The van der Waals surface area contributed by atoms with Gasteiger partial charge in [0.25, 0.3) is 5.91 Å². The lowest BCUT2D eigenvalue weighted by Gasteiger charge is -2.29. The molecule has 1 aromatic heterocycles. The van der Waals surface area contributed by atoms with Gasteiger partial charge in [-0.05, 0) is 39.7 Å². The van der Waals surface area contributed by atoms with E-state index in [9.17, 15) is 9.59 Å². The van der Waals surface area contributed by atoms with E-state index in [-0.39, 0.29) is 24.3 Å². The van der Waals surface area contributed by atoms with Crippen LogP contribution in [0.4, 0.5) is 0 Å². The summed E-state index contributed by atoms with van der Waals surface area (Å²) >= 11 is 0. The first-order valence-electron chi connectivity index (χ1n) is 9.33. The average Bonchev–Trinajstić information content (AvgIpc) is 3.07. The first-order valence-corrected chi connectivity index (χ1v) is 9.33. The van der Waals surface area contributed by atoms with Crippen molar-refractivity contribution in [1.29, 1.82) is 0 Å². The smallest absolute Gasteiger partial charge is 0.326 e. The number of H-pyrrole nitrogens is 1. The molecule has 0 aliphatic heterocycles. The standard InChI is InChI=1S/C21H29N3O3/c1-6-10-17-13-22-19(23-17)20(26)24(14-18(25)27-21(3,4)5)15(2)16-11-8-7-9-12-16/h7-9,11-13,15H,6,10,14H2,1-5H3,(H,22,23). The molecular weight excluding hydrogens is 342 g/mol. The predicted octanol–water partition coefficient (Wildman–Crippen LogP) is 3.91. The van der Waals surface area contributed by atoms with Crippen LogP contribution >= 0.6 is 0 Å². The highest BCUT2D eigenvalue weighted by Crippen LogP contribution is 2.22. The second-order valence-corrected chi connectivity index (χ2v) is 7.61. The maximum atomic E-state index is 13.1. The highest BCUT2D eigenvalue weighted by atomic mass is 16.6. The van der Waals surface area contributed by atoms with Crippen molar-refractivity contribution < 1.29 is 14.3 Å². The van der Waals surface area contributed by atoms with Crippen molar-refractivity contribution in [2.24, 2.45) is 0 Å². The Balaban J connectivity index is 2.27. The molecule has 27 heavy (non-hydrogen) atoms. The molecule has 1 atom stereocenters. The number of nitrogens with one attached hydrogen (secondary N) is 1. The Morgan fingerprint density at radius 1 is 1.22 bits per heavy atom. The number of carbonyl (C=O) groups is 2. The van der Waals surface area contributed by atoms with Crippen molar-refractivity contribution in [3.63, 3.8) is 0 Å². The summed E-state index contributed by atoms with van der Waals surface area (Å²) in [5, 5.41) is 0. The first-order chi connectivity index (χ1) is 12.7. The Morgan fingerprint density at radius 2 is 1.89 bits per heavy atom. The molecule has 0 spiro atoms. The Hall–Kier alpha value is -2.63. The summed E-state index contributed by atoms with van der Waals surface area (Å²) in [6, 6.07) is 9.31. The fourth-order valence-corrected chi connectivity index (χ4v) is 2.81. The number of benzene rings is 1. The van der Waals surface area contributed by atoms with Gasteiger partial charge in [0.2, 0.25) is 0 Å². The van der Waals surface area contributed by atoms with E-state index < -0.39 is 11.6 Å². The highest BCUT2D eigenvalue weighted by molar-refractivity contribution is 5.93. The zero-order valence-corrected chi connectivity index (χ0v) is 16.8. The fourth-order valence-electron chi connectivity index (χ4n) is 2.81. The van der Waals surface area contributed by atoms with Gasteiger partial charge < -0.3 is 14.6 Å². The zero-order chi connectivity index (χ0) is 20.0. The van der Waals surface area contributed by atoms with E-state index >= 15 is 0 Å². The van der Waals surface area contributed by atoms with E-state index in [1.54, 1.807) is 27.0 Å². The van der Waals surface area contributed by atoms with Crippen LogP contribution in [-0.4, -0.2) is 38.9 Å². The fraction of sp³-hybridized carbons (Fsp3) is 0.476. The lowest BCUT2D eigenvalue weighted by molar-refractivity contribution is -0.156. The van der Waals surface area contributed by atoms with Crippen molar-refractivity contribution in [3.05, 3.63) is 53.6 Å². The van der Waals surface area contributed by atoms with E-state index in [4.69, 9.17) is 4.74 Å². The molecule has 0 bridgehead atoms. The second kappa shape index (κ2) is 8.84. The van der Waals surface area contributed by atoms with Crippen LogP contribution in [0.1, 0.15) is 69.0 Å². The molecule has 1 aromatic carbocycles. The molecular formula is C21H29N3O3. The molecule has 0 saturated heterocycles. The molecule has 2 rings (SSSR count). The number of hydrogen-bond donors (Lipinski definition) is 1. The minimum Gasteiger partial charge on any atom is -0.459 e. The van der Waals surface area contributed by atoms with Crippen LogP contribution in [-0.2, 0) is 16.0 Å². The van der Waals surface area contributed by atoms with Gasteiger partial charge in [-0.25, -0.2) is 4.98 Å². The van der Waals surface area contributed by atoms with Crippen molar-refractivity contribution in [2.75, 3.05) is 6.54 Å². The lowest BCUT2D eigenvalue weighted by Crippen LogP contribution is -2.40. The first kappa shape index (κ1) is 20.7. The largest absolute Gasteiger partial charge is 0.459 e. The van der Waals surface area contributed by atoms with Crippen molar-refractivity contribution >= 4 is 11.9 Å². The van der Waals surface area contributed by atoms with Crippen LogP contribution < -0.4 is 0 Å². The minimum atomic E-state index is -0.610. The van der Waals surface area contributed by atoms with Gasteiger partial charge in [0.15, 0.2) is 5.82 Å². The number of amides is 1. The van der Waals surface area contributed by atoms with E-state index in [1.807, 2.05) is 37.3 Å². The highest BCUT2D eigenvalue weighted by Gasteiger charge is 2.29. The number of esters is 1. The predicted molar refractivity (Wildman–Crippen MR) is 104 cm³/mol. The van der Waals surface area contributed by atoms with Crippen LogP contribution in [0.25, 0.3) is 0 Å². The number of carbonyl (C=O) groups excluding carboxylic acids is 2. The molecule has 0 saturated carbocycles. The third kappa shape index (κ3) is 5.94. The van der Waals surface area contributed by atoms with Crippen LogP contribution in [0.3, 0.4) is 0 Å². The Kier molecular flexibility index (Phi) is 6.77. The van der Waals surface area contributed by atoms with Crippen molar-refractivity contribution in [3.8, 4) is 0 Å². The Bertz CT molecular complexity index is 762. The number of nitrogens with zero attached hydrogens (tertiary/aromatic N) is 2. The van der Waals surface area contributed by atoms with Crippen LogP contribution in [0.15, 0.2) is 36.5 Å². The molecule has 0 aliphatic carbocycles. The summed E-state index contributed by atoms with van der Waals surface area (Å²) in [6.07, 6.45) is 3.45. The molecule has 0 aliphatic rings. The Morgan fingerprint density at radius 3 is 2.48 bits per heavy atom. The summed E-state index contributed by atoms with van der Waals surface area (Å²) in [5.41, 5.74) is 1.24. The maximum absolute atomic E-state index is 13.1. The SMILES string of the molecule is CCCc1cnc(C(=O)N(CC(=O)OC(C)(C)C)C(C)c2ccccc2)[nH]1. The van der Waals surface area contributed by atoms with Gasteiger partial charge in [-0.3, -0.25) is 9.59 Å². The van der Waals surface area contributed by atoms with Crippen LogP contribution in [0, 0.1) is 0 Å². The summed E-state index contributed by atoms with van der Waals surface area (Å²) in [7, 11) is 0. The van der Waals surface area contributed by atoms with Gasteiger partial charge in [0, 0.05) is 11.9 Å². The van der Waals surface area contributed by atoms with Gasteiger partial charge in [-0.2, -0.15) is 0 Å². The number of aromatic amines is 1. The molecule has 1 unspecified atom stereocenters. The van der Waals surface area contributed by atoms with E-state index in [2.05, 4.69) is 16.9 Å². The number of aromatic nitrogens is 2. The molecule has 1 N–H and O–H groups in total. The normalized spacial score (nSPS) is 12.5. The Labute approximate surface area is 160 Å². The topological polar surface area (TPSA) is 75.3 Å². The van der Waals surface area contributed by atoms with E-state index in [1.165, 1.54) is 4.90 Å². The summed E-state index contributed by atoms with van der Waals surface area (Å²) in [6.45, 7) is 9.24. The van der Waals surface area contributed by atoms with Gasteiger partial charge in [-0.1, -0.05) is 43.7 Å². The van der Waals surface area contributed by atoms with Crippen LogP contribution in [0.2, 0.25) is 0 Å². The maximum Gasteiger partial charge on any atom is 0.326 e. The summed E-state index contributed by atoms with van der Waals surface area (Å²) < 4.78 is 5.42. The average molecular weight is 371 g/mol. The monoisotopic (exact) mass is 371 g/mol. The van der Waals surface area contributed by atoms with Crippen LogP contribution in [0.5, 0.6) is 0 Å². The van der Waals surface area contributed by atoms with Crippen molar-refractivity contribution in [1.82, 2.24) is 14.9 Å². The zero-order valence-electron chi connectivity index (χ0n) is 16.8. The summed E-state index contributed by atoms with van der Waals surface area (Å²) in [4.78, 5) is 34.3. The second-order valence-electron chi connectivity index (χ2n) is 7.61. The number of rotatable bonds is 7. The molecule has 6 heteroatoms. The van der Waals surface area contributed by atoms with Crippen molar-refractivity contribution in [2.45, 2.75) is 59.1 Å². The van der Waals surface area contributed by atoms with Gasteiger partial charge in [-0.15, -0.1) is 0 Å². The third-order valence-electron chi connectivity index (χ3n) is 4.08. The molecule has 0 fully saturated rings. The number of hydrogen-bond acceptors (Lipinski definition) is 4.